The van der Waals surface area contributed by atoms with Crippen LogP contribution in [0.5, 0.6) is 0 Å². The van der Waals surface area contributed by atoms with E-state index in [0.29, 0.717) is 12.0 Å². The first-order valence-corrected chi connectivity index (χ1v) is 6.22. The molecule has 1 N–H and O–H groups in total. The average molecular weight is 223 g/mol. The molecule has 3 heteroatoms. The van der Waals surface area contributed by atoms with E-state index in [1.54, 1.807) is 6.26 Å². The highest BCUT2D eigenvalue weighted by molar-refractivity contribution is 5.08. The smallest absolute Gasteiger partial charge is 0.0935 e. The predicted octanol–water partition coefficient (Wildman–Crippen LogP) is 2.23. The molecule has 0 saturated carbocycles. The van der Waals surface area contributed by atoms with Crippen molar-refractivity contribution in [3.05, 3.63) is 24.2 Å². The Balaban J connectivity index is 1.90. The van der Waals surface area contributed by atoms with Gasteiger partial charge in [-0.3, -0.25) is 0 Å². The summed E-state index contributed by atoms with van der Waals surface area (Å²) in [6.07, 6.45) is 6.99. The van der Waals surface area contributed by atoms with Crippen LogP contribution in [-0.4, -0.2) is 25.8 Å². The minimum Gasteiger partial charge on any atom is -0.472 e. The van der Waals surface area contributed by atoms with Crippen LogP contribution in [0.25, 0.3) is 0 Å². The molecule has 90 valence electrons. The van der Waals surface area contributed by atoms with E-state index in [4.69, 9.17) is 9.15 Å². The molecule has 16 heavy (non-hydrogen) atoms. The van der Waals surface area contributed by atoms with Crippen molar-refractivity contribution in [2.45, 2.75) is 32.2 Å². The number of hydrogen-bond acceptors (Lipinski definition) is 3. The minimum absolute atomic E-state index is 0.528. The molecule has 1 saturated heterocycles. The molecule has 2 unspecified atom stereocenters. The molecule has 0 aromatic carbocycles. The third kappa shape index (κ3) is 3.09. The zero-order valence-corrected chi connectivity index (χ0v) is 9.95. The summed E-state index contributed by atoms with van der Waals surface area (Å²) < 4.78 is 10.6. The van der Waals surface area contributed by atoms with Gasteiger partial charge < -0.3 is 14.5 Å². The van der Waals surface area contributed by atoms with E-state index in [0.717, 1.165) is 26.2 Å². The van der Waals surface area contributed by atoms with Crippen molar-refractivity contribution in [1.82, 2.24) is 5.32 Å². The fraction of sp³-hybridized carbons (Fsp3) is 0.692. The third-order valence-corrected chi connectivity index (χ3v) is 3.23. The van der Waals surface area contributed by atoms with Crippen molar-refractivity contribution in [2.24, 2.45) is 5.92 Å². The zero-order valence-electron chi connectivity index (χ0n) is 9.95. The van der Waals surface area contributed by atoms with Crippen LogP contribution in [0.3, 0.4) is 0 Å². The second kappa shape index (κ2) is 6.06. The van der Waals surface area contributed by atoms with Gasteiger partial charge in [-0.1, -0.05) is 6.92 Å². The molecule has 2 rings (SSSR count). The van der Waals surface area contributed by atoms with Crippen LogP contribution in [0.2, 0.25) is 0 Å². The number of furan rings is 1. The van der Waals surface area contributed by atoms with Gasteiger partial charge >= 0.3 is 0 Å². The first kappa shape index (κ1) is 11.7. The highest BCUT2D eigenvalue weighted by atomic mass is 16.5. The maximum absolute atomic E-state index is 5.47. The number of nitrogens with one attached hydrogen (secondary N) is 1. The van der Waals surface area contributed by atoms with Crippen molar-refractivity contribution in [1.29, 1.82) is 0 Å². The monoisotopic (exact) mass is 223 g/mol. The summed E-state index contributed by atoms with van der Waals surface area (Å²) in [6, 6.07) is 2.58. The van der Waals surface area contributed by atoms with Crippen LogP contribution >= 0.6 is 0 Å². The Kier molecular flexibility index (Phi) is 4.43. The van der Waals surface area contributed by atoms with Gasteiger partial charge in [0.25, 0.3) is 0 Å². The van der Waals surface area contributed by atoms with E-state index in [1.807, 2.05) is 6.26 Å². The normalized spacial score (nSPS) is 22.4. The van der Waals surface area contributed by atoms with Gasteiger partial charge in [0, 0.05) is 18.6 Å². The molecule has 0 aliphatic carbocycles. The fourth-order valence-electron chi connectivity index (χ4n) is 2.27. The van der Waals surface area contributed by atoms with Gasteiger partial charge in [0.05, 0.1) is 19.1 Å². The third-order valence-electron chi connectivity index (χ3n) is 3.23. The molecule has 1 fully saturated rings. The van der Waals surface area contributed by atoms with E-state index < -0.39 is 0 Å². The topological polar surface area (TPSA) is 34.4 Å². The van der Waals surface area contributed by atoms with Crippen LogP contribution in [0.1, 0.15) is 25.3 Å². The Labute approximate surface area is 97.2 Å². The molecular weight excluding hydrogens is 202 g/mol. The molecular formula is C13H21NO2. The summed E-state index contributed by atoms with van der Waals surface area (Å²) in [4.78, 5) is 0. The van der Waals surface area contributed by atoms with Gasteiger partial charge in [-0.2, -0.15) is 0 Å². The van der Waals surface area contributed by atoms with Crippen molar-refractivity contribution in [3.63, 3.8) is 0 Å². The lowest BCUT2D eigenvalue weighted by Gasteiger charge is -2.23. The molecule has 3 nitrogen and oxygen atoms in total. The summed E-state index contributed by atoms with van der Waals surface area (Å²) >= 11 is 0. The van der Waals surface area contributed by atoms with E-state index >= 15 is 0 Å². The lowest BCUT2D eigenvalue weighted by atomic mass is 9.94. The first-order valence-electron chi connectivity index (χ1n) is 6.22. The average Bonchev–Trinajstić information content (AvgIpc) is 2.96. The van der Waals surface area contributed by atoms with Crippen LogP contribution in [-0.2, 0) is 11.2 Å². The highest BCUT2D eigenvalue weighted by Gasteiger charge is 2.25. The zero-order chi connectivity index (χ0) is 11.2. The van der Waals surface area contributed by atoms with Gasteiger partial charge in [0.2, 0.25) is 0 Å². The maximum atomic E-state index is 5.47. The molecule has 2 heterocycles. The van der Waals surface area contributed by atoms with E-state index in [9.17, 15) is 0 Å². The van der Waals surface area contributed by atoms with Crippen LogP contribution in [0, 0.1) is 5.92 Å². The molecule has 0 bridgehead atoms. The quantitative estimate of drug-likeness (QED) is 0.803. The van der Waals surface area contributed by atoms with E-state index in [-0.39, 0.29) is 0 Å². The van der Waals surface area contributed by atoms with Gasteiger partial charge in [-0.15, -0.1) is 0 Å². The van der Waals surface area contributed by atoms with Crippen molar-refractivity contribution in [3.8, 4) is 0 Å². The van der Waals surface area contributed by atoms with E-state index in [1.165, 1.54) is 18.4 Å². The Bertz CT molecular complexity index is 278. The second-order valence-corrected chi connectivity index (χ2v) is 4.52. The Hall–Kier alpha value is -0.800. The maximum Gasteiger partial charge on any atom is 0.0935 e. The Morgan fingerprint density at radius 3 is 3.12 bits per heavy atom. The van der Waals surface area contributed by atoms with Crippen molar-refractivity contribution < 1.29 is 9.15 Å². The van der Waals surface area contributed by atoms with Crippen LogP contribution < -0.4 is 5.32 Å². The fourth-order valence-corrected chi connectivity index (χ4v) is 2.27. The summed E-state index contributed by atoms with van der Waals surface area (Å²) in [5, 5.41) is 3.63. The molecule has 0 radical (unpaired) electrons. The van der Waals surface area contributed by atoms with Crippen LogP contribution in [0.15, 0.2) is 23.0 Å². The van der Waals surface area contributed by atoms with Gasteiger partial charge in [-0.25, -0.2) is 0 Å². The lowest BCUT2D eigenvalue weighted by Crippen LogP contribution is -2.38. The SMILES string of the molecule is CCCNC(Cc1ccoc1)C1CCOC1. The largest absolute Gasteiger partial charge is 0.472 e. The van der Waals surface area contributed by atoms with Gasteiger partial charge in [-0.05, 0) is 37.4 Å². The Morgan fingerprint density at radius 1 is 1.56 bits per heavy atom. The van der Waals surface area contributed by atoms with Gasteiger partial charge in [0.15, 0.2) is 0 Å². The molecule has 0 amide bonds. The number of hydrogen-bond donors (Lipinski definition) is 1. The molecule has 0 spiro atoms. The number of rotatable bonds is 6. The van der Waals surface area contributed by atoms with E-state index in [2.05, 4.69) is 18.3 Å². The summed E-state index contributed by atoms with van der Waals surface area (Å²) in [5.41, 5.74) is 1.28. The summed E-state index contributed by atoms with van der Waals surface area (Å²) in [5.74, 6) is 0.654. The van der Waals surface area contributed by atoms with Crippen molar-refractivity contribution >= 4 is 0 Å². The molecule has 1 aromatic heterocycles. The minimum atomic E-state index is 0.528. The molecule has 1 aromatic rings. The number of ether oxygens (including phenoxy) is 1. The molecule has 2 atom stereocenters. The molecule has 1 aliphatic rings. The highest BCUT2D eigenvalue weighted by Crippen LogP contribution is 2.20. The summed E-state index contributed by atoms with van der Waals surface area (Å²) in [7, 11) is 0. The second-order valence-electron chi connectivity index (χ2n) is 4.52. The van der Waals surface area contributed by atoms with Gasteiger partial charge in [0.1, 0.15) is 0 Å². The first-order chi connectivity index (χ1) is 7.90. The van der Waals surface area contributed by atoms with Crippen LogP contribution in [0.4, 0.5) is 0 Å². The standard InChI is InChI=1S/C13H21NO2/c1-2-5-14-13(12-4-7-16-10-12)8-11-3-6-15-9-11/h3,6,9,12-14H,2,4-5,7-8,10H2,1H3. The molecule has 1 aliphatic heterocycles. The van der Waals surface area contributed by atoms with Crippen molar-refractivity contribution in [2.75, 3.05) is 19.8 Å². The lowest BCUT2D eigenvalue weighted by molar-refractivity contribution is 0.176. The Morgan fingerprint density at radius 2 is 2.50 bits per heavy atom. The predicted molar refractivity (Wildman–Crippen MR) is 63.4 cm³/mol. The summed E-state index contributed by atoms with van der Waals surface area (Å²) in [6.45, 7) is 5.10.